The van der Waals surface area contributed by atoms with E-state index < -0.39 is 11.6 Å². The van der Waals surface area contributed by atoms with E-state index in [2.05, 4.69) is 19.2 Å². The fourth-order valence-electron chi connectivity index (χ4n) is 1.71. The molecular formula is C13H19F2N. The van der Waals surface area contributed by atoms with Crippen LogP contribution in [0, 0.1) is 17.6 Å². The summed E-state index contributed by atoms with van der Waals surface area (Å²) in [6.45, 7) is 5.84. The summed E-state index contributed by atoms with van der Waals surface area (Å²) in [5.41, 5.74) is 0.780. The van der Waals surface area contributed by atoms with Gasteiger partial charge in [0.25, 0.3) is 0 Å². The molecule has 0 saturated carbocycles. The molecule has 0 bridgehead atoms. The van der Waals surface area contributed by atoms with Crippen LogP contribution in [0.2, 0.25) is 0 Å². The van der Waals surface area contributed by atoms with Gasteiger partial charge >= 0.3 is 0 Å². The molecule has 16 heavy (non-hydrogen) atoms. The zero-order valence-electron chi connectivity index (χ0n) is 9.89. The molecule has 1 atom stereocenters. The lowest BCUT2D eigenvalue weighted by atomic mass is 10.1. The van der Waals surface area contributed by atoms with Gasteiger partial charge in [0.2, 0.25) is 0 Å². The maximum atomic E-state index is 12.9. The minimum Gasteiger partial charge on any atom is -0.312 e. The van der Waals surface area contributed by atoms with E-state index in [4.69, 9.17) is 0 Å². The monoisotopic (exact) mass is 227 g/mol. The van der Waals surface area contributed by atoms with Gasteiger partial charge in [-0.05, 0) is 36.6 Å². The number of hydrogen-bond donors (Lipinski definition) is 1. The zero-order valence-corrected chi connectivity index (χ0v) is 9.89. The van der Waals surface area contributed by atoms with E-state index >= 15 is 0 Å². The minimum absolute atomic E-state index is 0.589. The summed E-state index contributed by atoms with van der Waals surface area (Å²) in [6, 6.07) is 4.02. The van der Waals surface area contributed by atoms with Crippen LogP contribution in [-0.4, -0.2) is 6.54 Å². The van der Waals surface area contributed by atoms with E-state index in [1.54, 1.807) is 6.07 Å². The van der Waals surface area contributed by atoms with Crippen molar-refractivity contribution in [3.8, 4) is 0 Å². The molecule has 3 heteroatoms. The first-order valence-corrected chi connectivity index (χ1v) is 5.78. The highest BCUT2D eigenvalue weighted by molar-refractivity contribution is 5.17. The molecule has 1 nitrogen and oxygen atoms in total. The van der Waals surface area contributed by atoms with Gasteiger partial charge in [-0.2, -0.15) is 0 Å². The van der Waals surface area contributed by atoms with E-state index in [1.807, 2.05) is 0 Å². The molecule has 0 fully saturated rings. The van der Waals surface area contributed by atoms with Crippen molar-refractivity contribution < 1.29 is 8.78 Å². The number of hydrogen-bond acceptors (Lipinski definition) is 1. The zero-order chi connectivity index (χ0) is 12.0. The lowest BCUT2D eigenvalue weighted by molar-refractivity contribution is 0.473. The molecule has 0 saturated heterocycles. The third-order valence-electron chi connectivity index (χ3n) is 2.59. The van der Waals surface area contributed by atoms with Crippen LogP contribution < -0.4 is 5.32 Å². The second kappa shape index (κ2) is 6.59. The molecule has 1 N–H and O–H groups in total. The van der Waals surface area contributed by atoms with Gasteiger partial charge in [-0.15, -0.1) is 0 Å². The predicted octanol–water partition coefficient (Wildman–Crippen LogP) is 3.49. The van der Waals surface area contributed by atoms with Gasteiger partial charge in [0.15, 0.2) is 11.6 Å². The molecule has 0 aliphatic rings. The first-order chi connectivity index (χ1) is 7.63. The van der Waals surface area contributed by atoms with E-state index in [0.29, 0.717) is 12.5 Å². The average Bonchev–Trinajstić information content (AvgIpc) is 2.24. The lowest BCUT2D eigenvalue weighted by Crippen LogP contribution is -2.20. The van der Waals surface area contributed by atoms with Crippen LogP contribution >= 0.6 is 0 Å². The number of halogens is 2. The molecule has 0 aromatic heterocycles. The van der Waals surface area contributed by atoms with Crippen molar-refractivity contribution in [1.29, 1.82) is 0 Å². The van der Waals surface area contributed by atoms with Crippen molar-refractivity contribution >= 4 is 0 Å². The molecule has 0 aliphatic carbocycles. The highest BCUT2D eigenvalue weighted by Crippen LogP contribution is 2.09. The number of rotatable bonds is 6. The maximum Gasteiger partial charge on any atom is 0.159 e. The smallest absolute Gasteiger partial charge is 0.159 e. The van der Waals surface area contributed by atoms with Gasteiger partial charge in [-0.1, -0.05) is 26.3 Å². The predicted molar refractivity (Wildman–Crippen MR) is 62.1 cm³/mol. The Balaban J connectivity index is 2.34. The third kappa shape index (κ3) is 4.27. The van der Waals surface area contributed by atoms with Crippen molar-refractivity contribution in [3.05, 3.63) is 35.4 Å². The van der Waals surface area contributed by atoms with Crippen LogP contribution in [0.3, 0.4) is 0 Å². The molecule has 1 unspecified atom stereocenters. The van der Waals surface area contributed by atoms with Crippen molar-refractivity contribution in [2.75, 3.05) is 6.54 Å². The molecule has 1 aromatic rings. The molecular weight excluding hydrogens is 208 g/mol. The van der Waals surface area contributed by atoms with E-state index in [9.17, 15) is 8.78 Å². The lowest BCUT2D eigenvalue weighted by Gasteiger charge is -2.11. The van der Waals surface area contributed by atoms with Gasteiger partial charge in [0.05, 0.1) is 0 Å². The minimum atomic E-state index is -0.789. The molecule has 0 radical (unpaired) electrons. The quantitative estimate of drug-likeness (QED) is 0.784. The molecule has 90 valence electrons. The van der Waals surface area contributed by atoms with Crippen LogP contribution in [0.1, 0.15) is 32.3 Å². The standard InChI is InChI=1S/C13H19F2N/c1-3-4-10(2)8-16-9-11-5-6-12(14)13(15)7-11/h5-7,10,16H,3-4,8-9H2,1-2H3. The van der Waals surface area contributed by atoms with Crippen LogP contribution in [0.15, 0.2) is 18.2 Å². The SMILES string of the molecule is CCCC(C)CNCc1ccc(F)c(F)c1. The van der Waals surface area contributed by atoms with Crippen LogP contribution in [-0.2, 0) is 6.54 Å². The van der Waals surface area contributed by atoms with Gasteiger partial charge in [0.1, 0.15) is 0 Å². The first-order valence-electron chi connectivity index (χ1n) is 5.78. The fourth-order valence-corrected chi connectivity index (χ4v) is 1.71. The van der Waals surface area contributed by atoms with Crippen molar-refractivity contribution in [1.82, 2.24) is 5.32 Å². The largest absolute Gasteiger partial charge is 0.312 e. The average molecular weight is 227 g/mol. The Morgan fingerprint density at radius 1 is 1.25 bits per heavy atom. The fraction of sp³-hybridized carbons (Fsp3) is 0.538. The second-order valence-corrected chi connectivity index (χ2v) is 4.27. The van der Waals surface area contributed by atoms with Gasteiger partial charge in [-0.3, -0.25) is 0 Å². The Morgan fingerprint density at radius 3 is 2.62 bits per heavy atom. The summed E-state index contributed by atoms with van der Waals surface area (Å²) in [4.78, 5) is 0. The van der Waals surface area contributed by atoms with Crippen LogP contribution in [0.4, 0.5) is 8.78 Å². The van der Waals surface area contributed by atoms with Crippen molar-refractivity contribution in [2.24, 2.45) is 5.92 Å². The summed E-state index contributed by atoms with van der Waals surface area (Å²) in [5.74, 6) is -0.945. The molecule has 0 heterocycles. The van der Waals surface area contributed by atoms with Gasteiger partial charge in [-0.25, -0.2) is 8.78 Å². The maximum absolute atomic E-state index is 12.9. The van der Waals surface area contributed by atoms with Crippen LogP contribution in [0.5, 0.6) is 0 Å². The Hall–Kier alpha value is -0.960. The Bertz CT molecular complexity index is 326. The molecule has 0 aliphatic heterocycles. The highest BCUT2D eigenvalue weighted by Gasteiger charge is 2.03. The summed E-state index contributed by atoms with van der Waals surface area (Å²) < 4.78 is 25.5. The Morgan fingerprint density at radius 2 is 2.00 bits per heavy atom. The number of nitrogens with one attached hydrogen (secondary N) is 1. The van der Waals surface area contributed by atoms with Crippen molar-refractivity contribution in [2.45, 2.75) is 33.2 Å². The normalized spacial score (nSPS) is 12.8. The highest BCUT2D eigenvalue weighted by atomic mass is 19.2. The van der Waals surface area contributed by atoms with E-state index in [-0.39, 0.29) is 0 Å². The molecule has 0 amide bonds. The molecule has 0 spiro atoms. The van der Waals surface area contributed by atoms with E-state index in [1.165, 1.54) is 25.0 Å². The van der Waals surface area contributed by atoms with Gasteiger partial charge < -0.3 is 5.32 Å². The molecule has 1 aromatic carbocycles. The second-order valence-electron chi connectivity index (χ2n) is 4.27. The summed E-state index contributed by atoms with van der Waals surface area (Å²) in [6.07, 6.45) is 2.36. The third-order valence-corrected chi connectivity index (χ3v) is 2.59. The van der Waals surface area contributed by atoms with Crippen molar-refractivity contribution in [3.63, 3.8) is 0 Å². The molecule has 1 rings (SSSR count). The summed E-state index contributed by atoms with van der Waals surface area (Å²) >= 11 is 0. The topological polar surface area (TPSA) is 12.0 Å². The summed E-state index contributed by atoms with van der Waals surface area (Å²) in [5, 5.41) is 3.24. The first kappa shape index (κ1) is 13.1. The van der Waals surface area contributed by atoms with Gasteiger partial charge in [0, 0.05) is 6.54 Å². The Kier molecular flexibility index (Phi) is 5.39. The van der Waals surface area contributed by atoms with Crippen LogP contribution in [0.25, 0.3) is 0 Å². The number of benzene rings is 1. The van der Waals surface area contributed by atoms with E-state index in [0.717, 1.165) is 12.1 Å². The summed E-state index contributed by atoms with van der Waals surface area (Å²) in [7, 11) is 0. The Labute approximate surface area is 95.9 Å².